The minimum atomic E-state index is -3.87. The molecule has 0 aliphatic carbocycles. The Bertz CT molecular complexity index is 1370. The van der Waals surface area contributed by atoms with Crippen LogP contribution in [0.4, 0.5) is 11.4 Å². The molecule has 0 radical (unpaired) electrons. The van der Waals surface area contributed by atoms with Crippen molar-refractivity contribution in [2.75, 3.05) is 23.7 Å². The zero-order chi connectivity index (χ0) is 21.9. The van der Waals surface area contributed by atoms with Crippen LogP contribution in [-0.2, 0) is 19.9 Å². The monoisotopic (exact) mass is 441 g/mol. The highest BCUT2D eigenvalue weighted by Gasteiger charge is 2.17. The van der Waals surface area contributed by atoms with Gasteiger partial charge in [-0.3, -0.25) is 4.72 Å². The molecule has 0 aliphatic heterocycles. The lowest BCUT2D eigenvalue weighted by atomic mass is 10.1. The van der Waals surface area contributed by atoms with E-state index in [9.17, 15) is 16.8 Å². The third-order valence-corrected chi connectivity index (χ3v) is 7.18. The second-order valence-electron chi connectivity index (χ2n) is 6.66. The van der Waals surface area contributed by atoms with E-state index in [1.807, 2.05) is 37.2 Å². The maximum Gasteiger partial charge on any atom is 0.261 e. The van der Waals surface area contributed by atoms with Crippen LogP contribution >= 0.6 is 0 Å². The topological polar surface area (TPSA) is 107 Å². The van der Waals surface area contributed by atoms with Gasteiger partial charge in [-0.05, 0) is 47.9 Å². The van der Waals surface area contributed by atoms with Gasteiger partial charge in [0.05, 0.1) is 15.9 Å². The van der Waals surface area contributed by atoms with Crippen molar-refractivity contribution < 1.29 is 16.8 Å². The normalized spacial score (nSPS) is 12.0. The fourth-order valence-corrected chi connectivity index (χ4v) is 4.93. The van der Waals surface area contributed by atoms with Gasteiger partial charge in [-0.25, -0.2) is 16.8 Å². The first-order chi connectivity index (χ1) is 14.1. The summed E-state index contributed by atoms with van der Waals surface area (Å²) in [4.78, 5) is 2.01. The van der Waals surface area contributed by atoms with E-state index >= 15 is 0 Å². The standard InChI is InChI=1S/C21H19N3O4S2/c1-24(2)21-6-3-5-16-15-19(11-12-20(16)21)30(27,28)23-17-7-9-18(10-8-17)29(25,26)14-4-13-22/h3-12,14-15,23H,1-2H3. The molecular formula is C21H19N3O4S2. The summed E-state index contributed by atoms with van der Waals surface area (Å²) in [6, 6.07) is 17.4. The van der Waals surface area contributed by atoms with Crippen LogP contribution < -0.4 is 9.62 Å². The molecule has 0 amide bonds. The van der Waals surface area contributed by atoms with Gasteiger partial charge in [-0.15, -0.1) is 0 Å². The van der Waals surface area contributed by atoms with Crippen molar-refractivity contribution in [2.24, 2.45) is 0 Å². The summed E-state index contributed by atoms with van der Waals surface area (Å²) in [5.74, 6) is 0. The molecule has 154 valence electrons. The Labute approximate surface area is 175 Å². The lowest BCUT2D eigenvalue weighted by Crippen LogP contribution is -2.13. The number of sulfone groups is 1. The van der Waals surface area contributed by atoms with Crippen molar-refractivity contribution in [3.05, 3.63) is 72.1 Å². The number of allylic oxidation sites excluding steroid dienone is 1. The van der Waals surface area contributed by atoms with Crippen LogP contribution in [0.1, 0.15) is 0 Å². The number of anilines is 2. The average Bonchev–Trinajstić information content (AvgIpc) is 2.71. The first-order valence-electron chi connectivity index (χ1n) is 8.78. The van der Waals surface area contributed by atoms with Crippen LogP contribution in [0.2, 0.25) is 0 Å². The second-order valence-corrected chi connectivity index (χ2v) is 10.2. The van der Waals surface area contributed by atoms with E-state index in [0.717, 1.165) is 27.9 Å². The Morgan fingerprint density at radius 1 is 0.933 bits per heavy atom. The fraction of sp³-hybridized carbons (Fsp3) is 0.0952. The number of fused-ring (bicyclic) bond motifs is 1. The third kappa shape index (κ3) is 4.45. The van der Waals surface area contributed by atoms with Gasteiger partial charge in [-0.1, -0.05) is 18.2 Å². The summed E-state index contributed by atoms with van der Waals surface area (Å²) < 4.78 is 52.1. The predicted molar refractivity (Wildman–Crippen MR) is 117 cm³/mol. The predicted octanol–water partition coefficient (Wildman–Crippen LogP) is 3.52. The van der Waals surface area contributed by atoms with Crippen molar-refractivity contribution in [3.8, 4) is 6.07 Å². The molecule has 0 saturated heterocycles. The highest BCUT2D eigenvalue weighted by molar-refractivity contribution is 7.94. The first kappa shape index (κ1) is 21.4. The van der Waals surface area contributed by atoms with Crippen LogP contribution in [0.3, 0.4) is 0 Å². The molecule has 0 aromatic heterocycles. The number of sulfonamides is 1. The first-order valence-corrected chi connectivity index (χ1v) is 11.8. The van der Waals surface area contributed by atoms with Gasteiger partial charge in [0.1, 0.15) is 0 Å². The summed E-state index contributed by atoms with van der Waals surface area (Å²) in [5.41, 5.74) is 1.20. The quantitative estimate of drug-likeness (QED) is 0.587. The molecule has 0 saturated carbocycles. The molecule has 0 spiro atoms. The maximum absolute atomic E-state index is 12.8. The van der Waals surface area contributed by atoms with Crippen molar-refractivity contribution in [3.63, 3.8) is 0 Å². The molecule has 0 bridgehead atoms. The molecule has 0 fully saturated rings. The Balaban J connectivity index is 1.90. The highest BCUT2D eigenvalue weighted by Crippen LogP contribution is 2.28. The summed E-state index contributed by atoms with van der Waals surface area (Å²) in [6.45, 7) is 0. The second kappa shape index (κ2) is 8.18. The number of rotatable bonds is 6. The summed E-state index contributed by atoms with van der Waals surface area (Å²) in [5, 5.41) is 11.0. The lowest BCUT2D eigenvalue weighted by molar-refractivity contribution is 0.601. The van der Waals surface area contributed by atoms with Gasteiger partial charge in [0.25, 0.3) is 10.0 Å². The van der Waals surface area contributed by atoms with Crippen LogP contribution in [-0.4, -0.2) is 30.9 Å². The molecule has 3 rings (SSSR count). The number of hydrogen-bond acceptors (Lipinski definition) is 6. The van der Waals surface area contributed by atoms with Gasteiger partial charge in [0, 0.05) is 42.3 Å². The number of hydrogen-bond donors (Lipinski definition) is 1. The Morgan fingerprint density at radius 3 is 2.23 bits per heavy atom. The molecule has 0 heterocycles. The number of benzene rings is 3. The van der Waals surface area contributed by atoms with E-state index in [2.05, 4.69) is 4.72 Å². The van der Waals surface area contributed by atoms with E-state index in [4.69, 9.17) is 5.26 Å². The largest absolute Gasteiger partial charge is 0.377 e. The van der Waals surface area contributed by atoms with E-state index in [1.165, 1.54) is 30.3 Å². The summed E-state index contributed by atoms with van der Waals surface area (Å²) in [7, 11) is -3.79. The zero-order valence-corrected chi connectivity index (χ0v) is 17.9. The van der Waals surface area contributed by atoms with Gasteiger partial charge < -0.3 is 4.90 Å². The average molecular weight is 442 g/mol. The van der Waals surface area contributed by atoms with E-state index in [0.29, 0.717) is 0 Å². The fourth-order valence-electron chi connectivity index (χ4n) is 2.93. The van der Waals surface area contributed by atoms with Crippen LogP contribution in [0.25, 0.3) is 10.8 Å². The van der Waals surface area contributed by atoms with Crippen molar-refractivity contribution in [1.29, 1.82) is 5.26 Å². The molecule has 30 heavy (non-hydrogen) atoms. The molecule has 1 N–H and O–H groups in total. The van der Waals surface area contributed by atoms with Crippen LogP contribution in [0, 0.1) is 11.3 Å². The summed E-state index contributed by atoms with van der Waals surface area (Å²) in [6.07, 6.45) is 0.868. The van der Waals surface area contributed by atoms with Gasteiger partial charge in [-0.2, -0.15) is 5.26 Å². The molecule has 0 atom stereocenters. The van der Waals surface area contributed by atoms with Gasteiger partial charge in [0.2, 0.25) is 9.84 Å². The third-order valence-electron chi connectivity index (χ3n) is 4.38. The minimum absolute atomic E-state index is 0.0427. The van der Waals surface area contributed by atoms with Crippen LogP contribution in [0.5, 0.6) is 0 Å². The molecule has 0 unspecified atom stereocenters. The highest BCUT2D eigenvalue weighted by atomic mass is 32.2. The minimum Gasteiger partial charge on any atom is -0.377 e. The van der Waals surface area contributed by atoms with E-state index in [1.54, 1.807) is 18.2 Å². The smallest absolute Gasteiger partial charge is 0.261 e. The number of nitrogens with zero attached hydrogens (tertiary/aromatic N) is 2. The molecule has 9 heteroatoms. The molecule has 7 nitrogen and oxygen atoms in total. The zero-order valence-electron chi connectivity index (χ0n) is 16.3. The number of nitriles is 1. The molecule has 3 aromatic rings. The molecule has 0 aliphatic rings. The van der Waals surface area contributed by atoms with Crippen molar-refractivity contribution in [2.45, 2.75) is 9.79 Å². The molecule has 3 aromatic carbocycles. The van der Waals surface area contributed by atoms with Gasteiger partial charge in [0.15, 0.2) is 0 Å². The SMILES string of the molecule is CN(C)c1cccc2cc(S(=O)(=O)Nc3ccc(S(=O)(=O)C=CC#N)cc3)ccc12. The Kier molecular flexibility index (Phi) is 5.82. The van der Waals surface area contributed by atoms with E-state index < -0.39 is 19.9 Å². The lowest BCUT2D eigenvalue weighted by Gasteiger charge is -2.16. The van der Waals surface area contributed by atoms with Crippen molar-refractivity contribution in [1.82, 2.24) is 0 Å². The maximum atomic E-state index is 12.8. The number of nitrogens with one attached hydrogen (secondary N) is 1. The summed E-state index contributed by atoms with van der Waals surface area (Å²) >= 11 is 0. The molecular weight excluding hydrogens is 422 g/mol. The Hall–Kier alpha value is -3.35. The van der Waals surface area contributed by atoms with Gasteiger partial charge >= 0.3 is 0 Å². The van der Waals surface area contributed by atoms with Crippen molar-refractivity contribution >= 4 is 42.0 Å². The van der Waals surface area contributed by atoms with E-state index in [-0.39, 0.29) is 15.5 Å². The van der Waals surface area contributed by atoms with Crippen LogP contribution in [0.15, 0.2) is 81.9 Å². The Morgan fingerprint density at radius 2 is 1.60 bits per heavy atom.